The summed E-state index contributed by atoms with van der Waals surface area (Å²) < 4.78 is 0. The molecule has 1 aromatic rings. The van der Waals surface area contributed by atoms with Crippen molar-refractivity contribution in [3.05, 3.63) is 29.3 Å². The second-order valence-electron chi connectivity index (χ2n) is 5.17. The van der Waals surface area contributed by atoms with Crippen LogP contribution in [-0.2, 0) is 0 Å². The van der Waals surface area contributed by atoms with Gasteiger partial charge in [-0.3, -0.25) is 4.79 Å². The molecule has 0 atom stereocenters. The molecule has 0 heterocycles. The van der Waals surface area contributed by atoms with Crippen molar-refractivity contribution in [1.29, 1.82) is 0 Å². The van der Waals surface area contributed by atoms with E-state index in [1.807, 2.05) is 30.0 Å². The number of carbonyl (C=O) groups excluding carboxylic acids is 1. The summed E-state index contributed by atoms with van der Waals surface area (Å²) in [6.07, 6.45) is 4.45. The molecule has 1 amide bonds. The minimum atomic E-state index is 0.100. The van der Waals surface area contributed by atoms with Gasteiger partial charge in [-0.25, -0.2) is 0 Å². The number of benzene rings is 1. The summed E-state index contributed by atoms with van der Waals surface area (Å²) in [6, 6.07) is 6.13. The van der Waals surface area contributed by atoms with Crippen molar-refractivity contribution in [3.63, 3.8) is 0 Å². The molecular weight excluding hydrogens is 224 g/mol. The molecule has 3 nitrogen and oxygen atoms in total. The molecule has 1 aliphatic carbocycles. The molecular formula is C15H22N2O. The zero-order chi connectivity index (χ0) is 13.1. The van der Waals surface area contributed by atoms with E-state index in [0.29, 0.717) is 17.3 Å². The van der Waals surface area contributed by atoms with Gasteiger partial charge >= 0.3 is 0 Å². The van der Waals surface area contributed by atoms with Crippen LogP contribution in [0.25, 0.3) is 0 Å². The lowest BCUT2D eigenvalue weighted by molar-refractivity contribution is 0.0742. The van der Waals surface area contributed by atoms with Crippen LogP contribution in [0.3, 0.4) is 0 Å². The Kier molecular flexibility index (Phi) is 3.90. The van der Waals surface area contributed by atoms with Crippen molar-refractivity contribution in [1.82, 2.24) is 4.90 Å². The molecule has 0 saturated heterocycles. The quantitative estimate of drug-likeness (QED) is 0.812. The van der Waals surface area contributed by atoms with Crippen LogP contribution in [0.4, 0.5) is 5.69 Å². The maximum atomic E-state index is 12.5. The van der Waals surface area contributed by atoms with E-state index in [0.717, 1.165) is 37.8 Å². The molecule has 3 heteroatoms. The zero-order valence-corrected chi connectivity index (χ0v) is 11.3. The smallest absolute Gasteiger partial charge is 0.256 e. The summed E-state index contributed by atoms with van der Waals surface area (Å²) in [5, 5.41) is 0. The van der Waals surface area contributed by atoms with E-state index in [9.17, 15) is 4.79 Å². The molecule has 0 aromatic heterocycles. The molecule has 1 fully saturated rings. The molecule has 0 radical (unpaired) electrons. The molecule has 18 heavy (non-hydrogen) atoms. The first-order chi connectivity index (χ1) is 8.63. The van der Waals surface area contributed by atoms with Crippen LogP contribution in [0, 0.1) is 6.92 Å². The highest BCUT2D eigenvalue weighted by molar-refractivity contribution is 5.99. The average Bonchev–Trinajstić information content (AvgIpc) is 3.13. The van der Waals surface area contributed by atoms with Crippen LogP contribution in [-0.4, -0.2) is 23.4 Å². The van der Waals surface area contributed by atoms with Gasteiger partial charge in [0.1, 0.15) is 0 Å². The minimum absolute atomic E-state index is 0.100. The van der Waals surface area contributed by atoms with Gasteiger partial charge in [-0.2, -0.15) is 0 Å². The third-order valence-electron chi connectivity index (χ3n) is 3.44. The van der Waals surface area contributed by atoms with E-state index in [-0.39, 0.29) is 5.91 Å². The van der Waals surface area contributed by atoms with Gasteiger partial charge in [0.25, 0.3) is 5.91 Å². The molecule has 0 aliphatic heterocycles. The van der Waals surface area contributed by atoms with Gasteiger partial charge in [0, 0.05) is 18.3 Å². The van der Waals surface area contributed by atoms with E-state index in [1.54, 1.807) is 0 Å². The summed E-state index contributed by atoms with van der Waals surface area (Å²) in [6.45, 7) is 4.99. The molecule has 0 unspecified atom stereocenters. The maximum Gasteiger partial charge on any atom is 0.256 e. The molecule has 98 valence electrons. The Morgan fingerprint density at radius 1 is 1.44 bits per heavy atom. The van der Waals surface area contributed by atoms with E-state index in [1.165, 1.54) is 0 Å². The van der Waals surface area contributed by atoms with Gasteiger partial charge in [-0.15, -0.1) is 0 Å². The first-order valence-corrected chi connectivity index (χ1v) is 6.80. The maximum absolute atomic E-state index is 12.5. The van der Waals surface area contributed by atoms with Crippen LogP contribution in [0.2, 0.25) is 0 Å². The van der Waals surface area contributed by atoms with E-state index in [4.69, 9.17) is 5.73 Å². The van der Waals surface area contributed by atoms with Gasteiger partial charge in [-0.05, 0) is 43.9 Å². The van der Waals surface area contributed by atoms with E-state index in [2.05, 4.69) is 6.92 Å². The number of carbonyl (C=O) groups is 1. The fraction of sp³-hybridized carbons (Fsp3) is 0.533. The highest BCUT2D eigenvalue weighted by Crippen LogP contribution is 2.29. The number of hydrogen-bond acceptors (Lipinski definition) is 2. The van der Waals surface area contributed by atoms with Gasteiger partial charge in [0.05, 0.1) is 5.56 Å². The number of anilines is 1. The normalized spacial score (nSPS) is 14.6. The minimum Gasteiger partial charge on any atom is -0.398 e. The van der Waals surface area contributed by atoms with Crippen LogP contribution in [0.15, 0.2) is 18.2 Å². The van der Waals surface area contributed by atoms with Crippen LogP contribution < -0.4 is 5.73 Å². The second-order valence-corrected chi connectivity index (χ2v) is 5.17. The topological polar surface area (TPSA) is 46.3 Å². The number of rotatable bonds is 5. The Morgan fingerprint density at radius 2 is 2.17 bits per heavy atom. The SMILES string of the molecule is CCCCN(C(=O)c1ccc(C)cc1N)C1CC1. The summed E-state index contributed by atoms with van der Waals surface area (Å²) in [5.74, 6) is 0.100. The lowest BCUT2D eigenvalue weighted by Gasteiger charge is -2.23. The van der Waals surface area contributed by atoms with Crippen LogP contribution in [0.5, 0.6) is 0 Å². The Balaban J connectivity index is 2.16. The highest BCUT2D eigenvalue weighted by atomic mass is 16.2. The third kappa shape index (κ3) is 2.84. The van der Waals surface area contributed by atoms with Crippen LogP contribution in [0.1, 0.15) is 48.5 Å². The van der Waals surface area contributed by atoms with Crippen molar-refractivity contribution in [3.8, 4) is 0 Å². The molecule has 2 N–H and O–H groups in total. The van der Waals surface area contributed by atoms with Crippen molar-refractivity contribution < 1.29 is 4.79 Å². The standard InChI is InChI=1S/C15H22N2O/c1-3-4-9-17(12-6-7-12)15(18)13-8-5-11(2)10-14(13)16/h5,8,10,12H,3-4,6-7,9,16H2,1-2H3. The lowest BCUT2D eigenvalue weighted by Crippen LogP contribution is -2.34. The van der Waals surface area contributed by atoms with E-state index >= 15 is 0 Å². The number of nitrogen functional groups attached to an aromatic ring is 1. The number of nitrogens with two attached hydrogens (primary N) is 1. The Bertz CT molecular complexity index is 438. The Labute approximate surface area is 109 Å². The molecule has 0 spiro atoms. The summed E-state index contributed by atoms with van der Waals surface area (Å²) in [7, 11) is 0. The monoisotopic (exact) mass is 246 g/mol. The van der Waals surface area contributed by atoms with Gasteiger partial charge < -0.3 is 10.6 Å². The molecule has 0 bridgehead atoms. The van der Waals surface area contributed by atoms with Crippen molar-refractivity contribution >= 4 is 11.6 Å². The molecule has 2 rings (SSSR count). The third-order valence-corrected chi connectivity index (χ3v) is 3.44. The van der Waals surface area contributed by atoms with Crippen molar-refractivity contribution in [2.75, 3.05) is 12.3 Å². The Morgan fingerprint density at radius 3 is 2.72 bits per heavy atom. The van der Waals surface area contributed by atoms with Gasteiger partial charge in [0.2, 0.25) is 0 Å². The van der Waals surface area contributed by atoms with E-state index < -0.39 is 0 Å². The number of aryl methyl sites for hydroxylation is 1. The van der Waals surface area contributed by atoms with Crippen LogP contribution >= 0.6 is 0 Å². The molecule has 1 saturated carbocycles. The predicted octanol–water partition coefficient (Wildman–Crippen LogP) is 2.98. The zero-order valence-electron chi connectivity index (χ0n) is 11.3. The summed E-state index contributed by atoms with van der Waals surface area (Å²) in [4.78, 5) is 14.5. The largest absolute Gasteiger partial charge is 0.398 e. The van der Waals surface area contributed by atoms with Crippen molar-refractivity contribution in [2.45, 2.75) is 45.6 Å². The lowest BCUT2D eigenvalue weighted by atomic mass is 10.1. The summed E-state index contributed by atoms with van der Waals surface area (Å²) >= 11 is 0. The van der Waals surface area contributed by atoms with Crippen molar-refractivity contribution in [2.24, 2.45) is 0 Å². The Hall–Kier alpha value is -1.51. The summed E-state index contributed by atoms with van der Waals surface area (Å²) in [5.41, 5.74) is 8.31. The second kappa shape index (κ2) is 5.42. The number of nitrogens with zero attached hydrogens (tertiary/aromatic N) is 1. The first-order valence-electron chi connectivity index (χ1n) is 6.80. The number of amides is 1. The molecule has 1 aliphatic rings. The number of hydrogen-bond donors (Lipinski definition) is 1. The predicted molar refractivity (Wildman–Crippen MR) is 74.6 cm³/mol. The average molecular weight is 246 g/mol. The molecule has 1 aromatic carbocycles. The number of unbranched alkanes of at least 4 members (excludes halogenated alkanes) is 1. The highest BCUT2D eigenvalue weighted by Gasteiger charge is 2.33. The first kappa shape index (κ1) is 12.9. The fourth-order valence-corrected chi connectivity index (χ4v) is 2.20. The van der Waals surface area contributed by atoms with Gasteiger partial charge in [-0.1, -0.05) is 19.4 Å². The van der Waals surface area contributed by atoms with Gasteiger partial charge in [0.15, 0.2) is 0 Å². The fourth-order valence-electron chi connectivity index (χ4n) is 2.20.